The van der Waals surface area contributed by atoms with Crippen molar-refractivity contribution in [1.29, 1.82) is 0 Å². The Hall–Kier alpha value is -1.13. The predicted molar refractivity (Wildman–Crippen MR) is 69.1 cm³/mol. The molecule has 0 atom stereocenters. The predicted octanol–water partition coefficient (Wildman–Crippen LogP) is 1.73. The maximum absolute atomic E-state index is 5.16. The molecule has 0 saturated heterocycles. The molecule has 1 aromatic heterocycles. The highest BCUT2D eigenvalue weighted by molar-refractivity contribution is 5.42. The Morgan fingerprint density at radius 3 is 3.00 bits per heavy atom. The Morgan fingerprint density at radius 1 is 1.53 bits per heavy atom. The summed E-state index contributed by atoms with van der Waals surface area (Å²) in [5, 5.41) is 3.15. The molecule has 0 spiro atoms. The van der Waals surface area contributed by atoms with Crippen LogP contribution in [0.3, 0.4) is 0 Å². The van der Waals surface area contributed by atoms with Crippen LogP contribution in [0.4, 0.5) is 5.69 Å². The zero-order valence-corrected chi connectivity index (χ0v) is 10.6. The molecule has 0 aliphatic heterocycles. The molecule has 17 heavy (non-hydrogen) atoms. The zero-order chi connectivity index (χ0) is 12.1. The molecule has 1 saturated carbocycles. The van der Waals surface area contributed by atoms with Crippen LogP contribution in [-0.4, -0.2) is 43.2 Å². The number of pyridine rings is 1. The minimum Gasteiger partial charge on any atom is -0.388 e. The Kier molecular flexibility index (Phi) is 4.34. The standard InChI is InChI=1S/C13H21N3O/c1-14-11-5-6-15-12(9-11)10-16(7-8-17-2)13-3-4-13/h5-6,9,13H,3-4,7-8,10H2,1-2H3,(H,14,15). The van der Waals surface area contributed by atoms with Crippen LogP contribution in [0.2, 0.25) is 0 Å². The van der Waals surface area contributed by atoms with Gasteiger partial charge >= 0.3 is 0 Å². The van der Waals surface area contributed by atoms with Gasteiger partial charge in [0.1, 0.15) is 0 Å². The van der Waals surface area contributed by atoms with Crippen LogP contribution in [0.15, 0.2) is 18.3 Å². The molecule has 0 unspecified atom stereocenters. The summed E-state index contributed by atoms with van der Waals surface area (Å²) in [7, 11) is 3.69. The van der Waals surface area contributed by atoms with Crippen molar-refractivity contribution >= 4 is 5.69 Å². The highest BCUT2D eigenvalue weighted by atomic mass is 16.5. The molecular formula is C13H21N3O. The molecule has 4 nitrogen and oxygen atoms in total. The van der Waals surface area contributed by atoms with E-state index >= 15 is 0 Å². The van der Waals surface area contributed by atoms with Gasteiger partial charge in [-0.05, 0) is 25.0 Å². The van der Waals surface area contributed by atoms with Crippen LogP contribution in [0, 0.1) is 0 Å². The van der Waals surface area contributed by atoms with Crippen LogP contribution in [0.1, 0.15) is 18.5 Å². The second kappa shape index (κ2) is 5.98. The maximum Gasteiger partial charge on any atom is 0.0589 e. The first-order chi connectivity index (χ1) is 8.33. The van der Waals surface area contributed by atoms with Crippen molar-refractivity contribution in [2.75, 3.05) is 32.6 Å². The number of rotatable bonds is 7. The number of ether oxygens (including phenoxy) is 1. The summed E-state index contributed by atoms with van der Waals surface area (Å²) in [4.78, 5) is 6.89. The Balaban J connectivity index is 1.95. The first-order valence-electron chi connectivity index (χ1n) is 6.19. The van der Waals surface area contributed by atoms with E-state index in [0.29, 0.717) is 0 Å². The van der Waals surface area contributed by atoms with Crippen LogP contribution in [0.25, 0.3) is 0 Å². The molecule has 4 heteroatoms. The lowest BCUT2D eigenvalue weighted by atomic mass is 10.3. The van der Waals surface area contributed by atoms with Gasteiger partial charge in [-0.25, -0.2) is 0 Å². The SMILES string of the molecule is CNc1ccnc(CN(CCOC)C2CC2)c1. The van der Waals surface area contributed by atoms with Gasteiger partial charge in [-0.15, -0.1) is 0 Å². The highest BCUT2D eigenvalue weighted by Crippen LogP contribution is 2.27. The van der Waals surface area contributed by atoms with Crippen molar-refractivity contribution in [2.45, 2.75) is 25.4 Å². The summed E-state index contributed by atoms with van der Waals surface area (Å²) in [6, 6.07) is 4.84. The van der Waals surface area contributed by atoms with Gasteiger partial charge in [-0.3, -0.25) is 9.88 Å². The largest absolute Gasteiger partial charge is 0.388 e. The number of aromatic nitrogens is 1. The fourth-order valence-electron chi connectivity index (χ4n) is 1.97. The topological polar surface area (TPSA) is 37.4 Å². The molecule has 0 radical (unpaired) electrons. The number of nitrogens with one attached hydrogen (secondary N) is 1. The third kappa shape index (κ3) is 3.68. The van der Waals surface area contributed by atoms with Gasteiger partial charge < -0.3 is 10.1 Å². The Bertz CT molecular complexity index is 352. The number of hydrogen-bond acceptors (Lipinski definition) is 4. The summed E-state index contributed by atoms with van der Waals surface area (Å²) in [6.45, 7) is 2.71. The normalized spacial score (nSPS) is 15.2. The molecule has 0 amide bonds. The smallest absolute Gasteiger partial charge is 0.0589 e. The second-order valence-corrected chi connectivity index (χ2v) is 4.48. The van der Waals surface area contributed by atoms with E-state index in [2.05, 4.69) is 21.3 Å². The van der Waals surface area contributed by atoms with Gasteiger partial charge in [0, 0.05) is 45.2 Å². The van der Waals surface area contributed by atoms with E-state index in [0.717, 1.165) is 37.1 Å². The number of nitrogens with zero attached hydrogens (tertiary/aromatic N) is 2. The van der Waals surface area contributed by atoms with Gasteiger partial charge in [0.15, 0.2) is 0 Å². The molecule has 1 heterocycles. The fourth-order valence-corrected chi connectivity index (χ4v) is 1.97. The summed E-state index contributed by atoms with van der Waals surface area (Å²) in [5.41, 5.74) is 2.25. The fraction of sp³-hybridized carbons (Fsp3) is 0.615. The van der Waals surface area contributed by atoms with Crippen molar-refractivity contribution in [1.82, 2.24) is 9.88 Å². The van der Waals surface area contributed by atoms with Crippen LogP contribution < -0.4 is 5.32 Å². The second-order valence-electron chi connectivity index (χ2n) is 4.48. The van der Waals surface area contributed by atoms with Gasteiger partial charge in [-0.2, -0.15) is 0 Å². The lowest BCUT2D eigenvalue weighted by Crippen LogP contribution is -2.29. The monoisotopic (exact) mass is 235 g/mol. The summed E-state index contributed by atoms with van der Waals surface area (Å²) in [5.74, 6) is 0. The summed E-state index contributed by atoms with van der Waals surface area (Å²) in [6.07, 6.45) is 4.49. The van der Waals surface area contributed by atoms with E-state index in [9.17, 15) is 0 Å². The number of methoxy groups -OCH3 is 1. The van der Waals surface area contributed by atoms with Gasteiger partial charge in [0.25, 0.3) is 0 Å². The van der Waals surface area contributed by atoms with Gasteiger partial charge in [-0.1, -0.05) is 0 Å². The van der Waals surface area contributed by atoms with E-state index in [1.807, 2.05) is 19.3 Å². The van der Waals surface area contributed by atoms with E-state index in [4.69, 9.17) is 4.74 Å². The lowest BCUT2D eigenvalue weighted by molar-refractivity contribution is 0.139. The van der Waals surface area contributed by atoms with E-state index < -0.39 is 0 Å². The highest BCUT2D eigenvalue weighted by Gasteiger charge is 2.28. The molecule has 0 aromatic carbocycles. The molecule has 1 aromatic rings. The molecule has 1 aliphatic rings. The molecule has 1 aliphatic carbocycles. The third-order valence-electron chi connectivity index (χ3n) is 3.12. The first kappa shape index (κ1) is 12.3. The van der Waals surface area contributed by atoms with Gasteiger partial charge in [0.05, 0.1) is 12.3 Å². The van der Waals surface area contributed by atoms with Crippen molar-refractivity contribution < 1.29 is 4.74 Å². The first-order valence-corrected chi connectivity index (χ1v) is 6.19. The van der Waals surface area contributed by atoms with E-state index in [1.165, 1.54) is 12.8 Å². The van der Waals surface area contributed by atoms with Crippen molar-refractivity contribution in [3.63, 3.8) is 0 Å². The van der Waals surface area contributed by atoms with Gasteiger partial charge in [0.2, 0.25) is 0 Å². The van der Waals surface area contributed by atoms with Crippen LogP contribution >= 0.6 is 0 Å². The van der Waals surface area contributed by atoms with Crippen LogP contribution in [0.5, 0.6) is 0 Å². The van der Waals surface area contributed by atoms with Crippen molar-refractivity contribution in [2.24, 2.45) is 0 Å². The summed E-state index contributed by atoms with van der Waals surface area (Å²) >= 11 is 0. The Morgan fingerprint density at radius 2 is 2.35 bits per heavy atom. The molecular weight excluding hydrogens is 214 g/mol. The van der Waals surface area contributed by atoms with Crippen molar-refractivity contribution in [3.8, 4) is 0 Å². The van der Waals surface area contributed by atoms with E-state index in [1.54, 1.807) is 7.11 Å². The average molecular weight is 235 g/mol. The molecule has 0 bridgehead atoms. The quantitative estimate of drug-likeness (QED) is 0.781. The molecule has 1 N–H and O–H groups in total. The zero-order valence-electron chi connectivity index (χ0n) is 10.6. The van der Waals surface area contributed by atoms with Crippen molar-refractivity contribution in [3.05, 3.63) is 24.0 Å². The Labute approximate surface area is 103 Å². The third-order valence-corrected chi connectivity index (χ3v) is 3.12. The average Bonchev–Trinajstić information content (AvgIpc) is 3.19. The minimum absolute atomic E-state index is 0.741. The van der Waals surface area contributed by atoms with E-state index in [-0.39, 0.29) is 0 Å². The molecule has 1 fully saturated rings. The minimum atomic E-state index is 0.741. The maximum atomic E-state index is 5.16. The number of anilines is 1. The summed E-state index contributed by atoms with van der Waals surface area (Å²) < 4.78 is 5.16. The molecule has 94 valence electrons. The lowest BCUT2D eigenvalue weighted by Gasteiger charge is -2.21. The van der Waals surface area contributed by atoms with Crippen LogP contribution in [-0.2, 0) is 11.3 Å². The number of hydrogen-bond donors (Lipinski definition) is 1. The molecule has 2 rings (SSSR count).